The van der Waals surface area contributed by atoms with Crippen LogP contribution in [0.3, 0.4) is 0 Å². The number of aromatic nitrogens is 4. The minimum absolute atomic E-state index is 0.264. The Morgan fingerprint density at radius 2 is 1.63 bits per heavy atom. The van der Waals surface area contributed by atoms with Gasteiger partial charge in [-0.2, -0.15) is 5.10 Å². The van der Waals surface area contributed by atoms with E-state index >= 15 is 0 Å². The summed E-state index contributed by atoms with van der Waals surface area (Å²) in [5.74, 6) is -1.55. The Morgan fingerprint density at radius 1 is 1.00 bits per heavy atom. The molecule has 0 atom stereocenters. The van der Waals surface area contributed by atoms with Gasteiger partial charge >= 0.3 is 0 Å². The number of aliphatic carboxylic acids is 1. The van der Waals surface area contributed by atoms with E-state index in [-0.39, 0.29) is 16.5 Å². The number of nitrogens with zero attached hydrogens (tertiary/aromatic N) is 4. The number of hydrogen-bond donors (Lipinski definition) is 0. The van der Waals surface area contributed by atoms with Gasteiger partial charge in [-0.05, 0) is 24.3 Å². The number of carboxylic acids is 1. The predicted molar refractivity (Wildman–Crippen MR) is 100 cm³/mol. The second-order valence-corrected chi connectivity index (χ2v) is 6.60. The molecule has 134 valence electrons. The van der Waals surface area contributed by atoms with Gasteiger partial charge in [0.15, 0.2) is 10.8 Å². The molecule has 2 aromatic heterocycles. The molecule has 0 saturated carbocycles. The molecule has 0 aliphatic heterocycles. The maximum Gasteiger partial charge on any atom is 0.269 e. The van der Waals surface area contributed by atoms with Crippen LogP contribution < -0.4 is 10.7 Å². The Labute approximate surface area is 157 Å². The van der Waals surface area contributed by atoms with Crippen LogP contribution in [0.2, 0.25) is 0 Å². The molecule has 0 saturated heterocycles. The van der Waals surface area contributed by atoms with E-state index in [0.29, 0.717) is 16.7 Å². The normalized spacial score (nSPS) is 11.0. The fourth-order valence-corrected chi connectivity index (χ4v) is 3.45. The largest absolute Gasteiger partial charge is 0.549 e. The van der Waals surface area contributed by atoms with Gasteiger partial charge in [-0.3, -0.25) is 9.36 Å². The van der Waals surface area contributed by atoms with Crippen LogP contribution in [-0.4, -0.2) is 31.1 Å². The molecule has 4 aromatic rings. The lowest BCUT2D eigenvalue weighted by Gasteiger charge is -2.12. The van der Waals surface area contributed by atoms with Crippen molar-refractivity contribution in [2.45, 2.75) is 5.16 Å². The summed E-state index contributed by atoms with van der Waals surface area (Å²) in [5, 5.41) is 15.9. The fourth-order valence-electron chi connectivity index (χ4n) is 2.73. The van der Waals surface area contributed by atoms with E-state index in [0.717, 1.165) is 17.4 Å². The minimum Gasteiger partial charge on any atom is -0.549 e. The Kier molecular flexibility index (Phi) is 4.47. The zero-order chi connectivity index (χ0) is 18.8. The summed E-state index contributed by atoms with van der Waals surface area (Å²) < 4.78 is 2.96. The zero-order valence-corrected chi connectivity index (χ0v) is 14.8. The number of thioether (sulfide) groups is 1. The highest BCUT2D eigenvalue weighted by Crippen LogP contribution is 2.22. The molecule has 4 rings (SSSR count). The predicted octanol–water partition coefficient (Wildman–Crippen LogP) is 1.41. The standard InChI is InChI=1S/C19H14N4O3S/c24-16(25)12-27-19-21-17-15(11-20-23(17)14-9-5-2-6-10-14)18(26)22(19)13-7-3-1-4-8-13/h1-11H,12H2,(H,24,25)/p-1. The van der Waals surface area contributed by atoms with Crippen molar-refractivity contribution in [3.05, 3.63) is 77.2 Å². The van der Waals surface area contributed by atoms with E-state index in [4.69, 9.17) is 0 Å². The molecule has 0 radical (unpaired) electrons. The summed E-state index contributed by atoms with van der Waals surface area (Å²) in [7, 11) is 0. The highest BCUT2D eigenvalue weighted by Gasteiger charge is 2.17. The number of rotatable bonds is 5. The van der Waals surface area contributed by atoms with Gasteiger partial charge in [0.1, 0.15) is 5.39 Å². The first-order valence-corrected chi connectivity index (χ1v) is 9.08. The molecule has 0 unspecified atom stereocenters. The molecule has 7 nitrogen and oxygen atoms in total. The molecule has 0 fully saturated rings. The van der Waals surface area contributed by atoms with Crippen LogP contribution in [0.4, 0.5) is 0 Å². The lowest BCUT2D eigenvalue weighted by molar-refractivity contribution is -0.301. The van der Waals surface area contributed by atoms with Gasteiger partial charge in [0.2, 0.25) is 0 Å². The molecule has 0 bridgehead atoms. The number of hydrogen-bond acceptors (Lipinski definition) is 6. The van der Waals surface area contributed by atoms with Crippen molar-refractivity contribution in [2.24, 2.45) is 0 Å². The molecule has 0 spiro atoms. The van der Waals surface area contributed by atoms with Crippen LogP contribution in [0.1, 0.15) is 0 Å². The van der Waals surface area contributed by atoms with Gasteiger partial charge in [0.25, 0.3) is 5.56 Å². The number of fused-ring (bicyclic) bond motifs is 1. The first-order chi connectivity index (χ1) is 13.1. The summed E-state index contributed by atoms with van der Waals surface area (Å²) >= 11 is 0.935. The van der Waals surface area contributed by atoms with Crippen molar-refractivity contribution in [2.75, 3.05) is 5.75 Å². The zero-order valence-electron chi connectivity index (χ0n) is 14.0. The first kappa shape index (κ1) is 17.0. The fraction of sp³-hybridized carbons (Fsp3) is 0.0526. The molecule has 2 aromatic carbocycles. The molecule has 2 heterocycles. The molecule has 27 heavy (non-hydrogen) atoms. The van der Waals surface area contributed by atoms with Crippen molar-refractivity contribution >= 4 is 28.8 Å². The summed E-state index contributed by atoms with van der Waals surface area (Å²) in [6.45, 7) is 0. The first-order valence-electron chi connectivity index (χ1n) is 8.09. The molecule has 0 aliphatic carbocycles. The second-order valence-electron chi connectivity index (χ2n) is 5.66. The summed E-state index contributed by atoms with van der Waals surface area (Å²) in [4.78, 5) is 28.6. The highest BCUT2D eigenvalue weighted by atomic mass is 32.2. The number of carbonyl (C=O) groups is 1. The third-order valence-corrected chi connectivity index (χ3v) is 4.82. The molecule has 8 heteroatoms. The smallest absolute Gasteiger partial charge is 0.269 e. The van der Waals surface area contributed by atoms with E-state index in [1.165, 1.54) is 10.8 Å². The van der Waals surface area contributed by atoms with E-state index < -0.39 is 5.97 Å². The summed E-state index contributed by atoms with van der Waals surface area (Å²) in [6, 6.07) is 18.3. The Morgan fingerprint density at radius 3 is 2.26 bits per heavy atom. The number of benzene rings is 2. The van der Waals surface area contributed by atoms with Crippen molar-refractivity contribution in [1.29, 1.82) is 0 Å². The average molecular weight is 377 g/mol. The Hall–Kier alpha value is -3.39. The highest BCUT2D eigenvalue weighted by molar-refractivity contribution is 7.99. The van der Waals surface area contributed by atoms with Crippen molar-refractivity contribution in [3.8, 4) is 11.4 Å². The van der Waals surface area contributed by atoms with Crippen LogP contribution in [0.25, 0.3) is 22.4 Å². The van der Waals surface area contributed by atoms with Crippen LogP contribution in [0.15, 0.2) is 76.8 Å². The van der Waals surface area contributed by atoms with Gasteiger partial charge in [0.05, 0.1) is 23.5 Å². The van der Waals surface area contributed by atoms with Crippen LogP contribution in [0, 0.1) is 0 Å². The van der Waals surface area contributed by atoms with E-state index in [1.807, 2.05) is 36.4 Å². The Balaban J connectivity index is 1.97. The summed E-state index contributed by atoms with van der Waals surface area (Å²) in [5.41, 5.74) is 1.42. The Bertz CT molecular complexity index is 1170. The second kappa shape index (κ2) is 7.08. The topological polar surface area (TPSA) is 92.8 Å². The third-order valence-electron chi connectivity index (χ3n) is 3.90. The molecule has 0 amide bonds. The lowest BCUT2D eigenvalue weighted by atomic mass is 10.3. The summed E-state index contributed by atoms with van der Waals surface area (Å²) in [6.07, 6.45) is 1.48. The van der Waals surface area contributed by atoms with E-state index in [9.17, 15) is 14.7 Å². The molecule has 0 aliphatic rings. The van der Waals surface area contributed by atoms with Gasteiger partial charge < -0.3 is 9.90 Å². The maximum atomic E-state index is 13.1. The monoisotopic (exact) mass is 377 g/mol. The molecular formula is C19H13N4O3S-. The minimum atomic E-state index is -1.23. The average Bonchev–Trinajstić information content (AvgIpc) is 3.12. The molecule has 0 N–H and O–H groups in total. The third kappa shape index (κ3) is 3.22. The van der Waals surface area contributed by atoms with Crippen molar-refractivity contribution in [1.82, 2.24) is 19.3 Å². The van der Waals surface area contributed by atoms with Crippen LogP contribution in [-0.2, 0) is 4.79 Å². The number of carbonyl (C=O) groups excluding carboxylic acids is 1. The lowest BCUT2D eigenvalue weighted by Crippen LogP contribution is -2.26. The van der Waals surface area contributed by atoms with E-state index in [1.54, 1.807) is 28.9 Å². The number of carboxylic acid groups (broad SMARTS) is 1. The van der Waals surface area contributed by atoms with Gasteiger partial charge in [0, 0.05) is 5.75 Å². The SMILES string of the molecule is O=C([O-])CSc1nc2c(cnn2-c2ccccc2)c(=O)n1-c1ccccc1. The van der Waals surface area contributed by atoms with Crippen molar-refractivity contribution in [3.63, 3.8) is 0 Å². The van der Waals surface area contributed by atoms with Crippen LogP contribution >= 0.6 is 11.8 Å². The van der Waals surface area contributed by atoms with E-state index in [2.05, 4.69) is 10.1 Å². The quantitative estimate of drug-likeness (QED) is 0.386. The van der Waals surface area contributed by atoms with Gasteiger partial charge in [-0.1, -0.05) is 48.2 Å². The van der Waals surface area contributed by atoms with Gasteiger partial charge in [-0.25, -0.2) is 9.67 Å². The molecular weight excluding hydrogens is 364 g/mol. The van der Waals surface area contributed by atoms with Crippen molar-refractivity contribution < 1.29 is 9.90 Å². The maximum absolute atomic E-state index is 13.1. The number of para-hydroxylation sites is 2. The van der Waals surface area contributed by atoms with Gasteiger partial charge in [-0.15, -0.1) is 0 Å². The van der Waals surface area contributed by atoms with Crippen LogP contribution in [0.5, 0.6) is 0 Å².